The molecule has 2 saturated carbocycles. The zero-order chi connectivity index (χ0) is 46.2. The van der Waals surface area contributed by atoms with Crippen LogP contribution in [0.4, 0.5) is 8.78 Å². The molecular weight excluding hydrogens is 843 g/mol. The van der Waals surface area contributed by atoms with Gasteiger partial charge in [0.2, 0.25) is 11.8 Å². The number of nitrogens with zero attached hydrogens (tertiary/aromatic N) is 4. The van der Waals surface area contributed by atoms with E-state index in [2.05, 4.69) is 20.4 Å². The number of rotatable bonds is 14. The normalized spacial score (nSPS) is 26.5. The Morgan fingerprint density at radius 3 is 1.36 bits per heavy atom. The topological polar surface area (TPSA) is 149 Å². The van der Waals surface area contributed by atoms with Crippen molar-refractivity contribution in [2.45, 2.75) is 89.9 Å². The number of fused-ring (bicyclic) bond motifs is 8. The van der Waals surface area contributed by atoms with Crippen molar-refractivity contribution in [3.05, 3.63) is 151 Å². The van der Waals surface area contributed by atoms with Crippen LogP contribution in [0, 0.1) is 47.1 Å². The van der Waals surface area contributed by atoms with Crippen molar-refractivity contribution in [1.82, 2.24) is 29.6 Å². The highest BCUT2D eigenvalue weighted by molar-refractivity contribution is 5.81. The molecule has 0 unspecified atom stereocenters. The summed E-state index contributed by atoms with van der Waals surface area (Å²) in [5.41, 5.74) is 3.60. The number of pyridine rings is 2. The van der Waals surface area contributed by atoms with Crippen LogP contribution in [0.5, 0.6) is 0 Å². The number of carbonyl (C=O) groups is 2. The van der Waals surface area contributed by atoms with Crippen molar-refractivity contribution in [3.63, 3.8) is 0 Å². The summed E-state index contributed by atoms with van der Waals surface area (Å²) in [6.45, 7) is 6.05. The van der Waals surface area contributed by atoms with Gasteiger partial charge in [0.1, 0.15) is 11.6 Å². The molecule has 0 radical (unpaired) electrons. The maximum Gasteiger partial charge on any atom is 0.258 e. The largest absolute Gasteiger partial charge is 0.396 e. The van der Waals surface area contributed by atoms with Crippen molar-refractivity contribution in [3.8, 4) is 0 Å². The van der Waals surface area contributed by atoms with Crippen LogP contribution >= 0.6 is 0 Å². The first kappa shape index (κ1) is 45.6. The fraction of sp³-hybridized carbons (Fsp3) is 0.462. The molecule has 14 heteroatoms. The van der Waals surface area contributed by atoms with E-state index in [1.165, 1.54) is 12.1 Å². The zero-order valence-electron chi connectivity index (χ0n) is 37.6. The number of allylic oxidation sites excluding steroid dienone is 2. The van der Waals surface area contributed by atoms with Crippen LogP contribution in [0.1, 0.15) is 85.3 Å². The highest BCUT2D eigenvalue weighted by Crippen LogP contribution is 2.51. The van der Waals surface area contributed by atoms with Crippen molar-refractivity contribution in [2.75, 3.05) is 26.3 Å². The third-order valence-electron chi connectivity index (χ3n) is 14.8. The first-order valence-electron chi connectivity index (χ1n) is 23.5. The molecule has 4 N–H and O–H groups in total. The van der Waals surface area contributed by atoms with Gasteiger partial charge in [-0.05, 0) is 87.8 Å². The second-order valence-electron chi connectivity index (χ2n) is 18.9. The van der Waals surface area contributed by atoms with Gasteiger partial charge in [-0.3, -0.25) is 29.0 Å². The maximum absolute atomic E-state index is 14.6. The number of amides is 2. The molecule has 6 aliphatic rings. The molecule has 2 aromatic carbocycles. The minimum atomic E-state index is -0.508. The Bertz CT molecular complexity index is 2460. The van der Waals surface area contributed by atoms with E-state index >= 15 is 0 Å². The lowest BCUT2D eigenvalue weighted by atomic mass is 9.86. The summed E-state index contributed by atoms with van der Waals surface area (Å²) in [7, 11) is 0. The number of carbonyl (C=O) groups excluding carboxylic acids is 2. The summed E-state index contributed by atoms with van der Waals surface area (Å²) in [6, 6.07) is 19.4. The molecule has 2 saturated heterocycles. The van der Waals surface area contributed by atoms with Crippen LogP contribution in [0.25, 0.3) is 12.2 Å². The van der Waals surface area contributed by atoms with Crippen molar-refractivity contribution < 1.29 is 28.6 Å². The molecule has 4 aromatic rings. The molecule has 2 aliphatic carbocycles. The van der Waals surface area contributed by atoms with E-state index in [9.17, 15) is 38.2 Å². The standard InChI is InChI=1S/2C26H30FN3O3/c2*1-2-5-17-10-11-21-24-23(25(32)28-12-16-8-9-16)19(15-31)22(14-30(21)26(17)33)29(24)13-18-6-3-4-7-20(18)27/h2*2-7,10-11,16,19,22-24,31H,8-9,12-15H2,1H3,(H,28,32)/b5-2+;5-2-/t2*19-,22-,23+,24+/m11/s1. The molecule has 348 valence electrons. The molecule has 10 rings (SSSR count). The van der Waals surface area contributed by atoms with E-state index in [4.69, 9.17) is 0 Å². The number of aliphatic hydroxyl groups is 2. The maximum atomic E-state index is 14.6. The van der Waals surface area contributed by atoms with Gasteiger partial charge in [0, 0.05) is 110 Å². The van der Waals surface area contributed by atoms with Crippen molar-refractivity contribution in [2.24, 2.45) is 35.5 Å². The Morgan fingerprint density at radius 2 is 1.02 bits per heavy atom. The van der Waals surface area contributed by atoms with E-state index < -0.39 is 23.9 Å². The van der Waals surface area contributed by atoms with E-state index in [1.807, 2.05) is 38.1 Å². The van der Waals surface area contributed by atoms with E-state index in [0.717, 1.165) is 37.1 Å². The fourth-order valence-electron chi connectivity index (χ4n) is 11.1. The molecule has 4 bridgehead atoms. The number of aromatic nitrogens is 2. The number of aliphatic hydroxyl groups excluding tert-OH is 2. The molecule has 12 nitrogen and oxygen atoms in total. The Hall–Kier alpha value is -5.54. The van der Waals surface area contributed by atoms with Crippen molar-refractivity contribution >= 4 is 24.0 Å². The Morgan fingerprint density at radius 1 is 0.621 bits per heavy atom. The second kappa shape index (κ2) is 19.4. The molecule has 2 aromatic heterocycles. The predicted octanol–water partition coefficient (Wildman–Crippen LogP) is 5.42. The third-order valence-corrected chi connectivity index (χ3v) is 14.8. The second-order valence-corrected chi connectivity index (χ2v) is 18.9. The van der Waals surface area contributed by atoms with Gasteiger partial charge < -0.3 is 30.0 Å². The molecule has 0 spiro atoms. The molecule has 2 amide bonds. The van der Waals surface area contributed by atoms with Gasteiger partial charge in [-0.25, -0.2) is 8.78 Å². The number of nitrogens with one attached hydrogen (secondary N) is 2. The molecule has 4 fully saturated rings. The van der Waals surface area contributed by atoms with Crippen molar-refractivity contribution in [1.29, 1.82) is 0 Å². The highest BCUT2D eigenvalue weighted by Gasteiger charge is 2.57. The lowest BCUT2D eigenvalue weighted by molar-refractivity contribution is -0.128. The van der Waals surface area contributed by atoms with E-state index in [-0.39, 0.29) is 71.7 Å². The summed E-state index contributed by atoms with van der Waals surface area (Å²) in [6.07, 6.45) is 11.8. The minimum absolute atomic E-state index is 0.0922. The van der Waals surface area contributed by atoms with E-state index in [1.54, 1.807) is 69.8 Å². The minimum Gasteiger partial charge on any atom is -0.396 e. The number of hydrogen-bond donors (Lipinski definition) is 4. The third kappa shape index (κ3) is 8.76. The first-order chi connectivity index (χ1) is 32.1. The number of hydrogen-bond acceptors (Lipinski definition) is 8. The van der Waals surface area contributed by atoms with Crippen LogP contribution < -0.4 is 21.8 Å². The average molecular weight is 903 g/mol. The molecular formula is C52H60F2N6O6. The summed E-state index contributed by atoms with van der Waals surface area (Å²) in [4.78, 5) is 57.4. The average Bonchev–Trinajstić information content (AvgIpc) is 4.26. The van der Waals surface area contributed by atoms with Crippen LogP contribution in [0.3, 0.4) is 0 Å². The smallest absolute Gasteiger partial charge is 0.258 e. The zero-order valence-corrected chi connectivity index (χ0v) is 37.6. The lowest BCUT2D eigenvalue weighted by Crippen LogP contribution is -2.46. The van der Waals surface area contributed by atoms with Gasteiger partial charge in [-0.1, -0.05) is 60.7 Å². The summed E-state index contributed by atoms with van der Waals surface area (Å²) >= 11 is 0. The summed E-state index contributed by atoms with van der Waals surface area (Å²) in [5.74, 6) is -1.40. The summed E-state index contributed by atoms with van der Waals surface area (Å²) < 4.78 is 32.6. The van der Waals surface area contributed by atoms with Crippen LogP contribution in [0.2, 0.25) is 0 Å². The molecule has 8 atom stereocenters. The highest BCUT2D eigenvalue weighted by atomic mass is 19.1. The SMILES string of the molecule is C/C=C/c1ccc2n(c1=O)C[C@@H]1[C@@H](CO)[C@H](C(=O)NCC3CC3)[C@H]2N1Cc1ccccc1F.C/C=C\c1ccc2n(c1=O)C[C@@H]1[C@@H](CO)[C@H](C(=O)NCC3CC3)[C@H]2N1Cc1ccccc1F. The van der Waals surface area contributed by atoms with Gasteiger partial charge in [0.15, 0.2) is 0 Å². The van der Waals surface area contributed by atoms with Gasteiger partial charge in [-0.2, -0.15) is 0 Å². The van der Waals surface area contributed by atoms with E-state index in [0.29, 0.717) is 73.4 Å². The van der Waals surface area contributed by atoms with Gasteiger partial charge in [0.25, 0.3) is 11.1 Å². The molecule has 4 aliphatic heterocycles. The Balaban J connectivity index is 0.000000166. The van der Waals surface area contributed by atoms with Crippen LogP contribution in [0.15, 0.2) is 94.5 Å². The Labute approximate surface area is 383 Å². The van der Waals surface area contributed by atoms with Crippen LogP contribution in [-0.4, -0.2) is 79.3 Å². The van der Waals surface area contributed by atoms with Crippen LogP contribution in [-0.2, 0) is 35.8 Å². The fourth-order valence-corrected chi connectivity index (χ4v) is 11.1. The van der Waals surface area contributed by atoms with Gasteiger partial charge >= 0.3 is 0 Å². The Kier molecular flexibility index (Phi) is 13.4. The first-order valence-corrected chi connectivity index (χ1v) is 23.5. The number of benzene rings is 2. The predicted molar refractivity (Wildman–Crippen MR) is 247 cm³/mol. The summed E-state index contributed by atoms with van der Waals surface area (Å²) in [5, 5.41) is 26.9. The number of halogens is 2. The quantitative estimate of drug-likeness (QED) is 0.131. The van der Waals surface area contributed by atoms with Gasteiger partial charge in [-0.15, -0.1) is 0 Å². The molecule has 6 heterocycles. The van der Waals surface area contributed by atoms with Gasteiger partial charge in [0.05, 0.1) is 23.9 Å². The monoisotopic (exact) mass is 902 g/mol. The molecule has 66 heavy (non-hydrogen) atoms. The lowest BCUT2D eigenvalue weighted by Gasteiger charge is -2.38.